The molecule has 0 atom stereocenters. The Balaban J connectivity index is 3.06. The highest BCUT2D eigenvalue weighted by atomic mass is 19.1. The molecule has 5 nitrogen and oxygen atoms in total. The van der Waals surface area contributed by atoms with Crippen LogP contribution in [0.3, 0.4) is 0 Å². The number of ether oxygens (including phenoxy) is 1. The van der Waals surface area contributed by atoms with Gasteiger partial charge in [0.05, 0.1) is 6.54 Å². The number of hydrazine groups is 1. The van der Waals surface area contributed by atoms with E-state index in [2.05, 4.69) is 5.43 Å². The van der Waals surface area contributed by atoms with Crippen LogP contribution in [0.25, 0.3) is 0 Å². The summed E-state index contributed by atoms with van der Waals surface area (Å²) in [6.45, 7) is 10.2. The van der Waals surface area contributed by atoms with Crippen LogP contribution in [0, 0.1) is 17.0 Å². The Kier molecular flexibility index (Phi) is 6.51. The maximum atomic E-state index is 13.4. The first-order chi connectivity index (χ1) is 11.3. The number of benzene rings is 1. The van der Waals surface area contributed by atoms with E-state index in [4.69, 9.17) is 4.74 Å². The van der Waals surface area contributed by atoms with Crippen LogP contribution < -0.4 is 5.43 Å². The van der Waals surface area contributed by atoms with Gasteiger partial charge >= 0.3 is 6.09 Å². The van der Waals surface area contributed by atoms with Crippen molar-refractivity contribution in [2.75, 3.05) is 0 Å². The molecule has 2 amide bonds. The Morgan fingerprint density at radius 1 is 1.08 bits per heavy atom. The number of hydrogen-bond acceptors (Lipinski definition) is 3. The van der Waals surface area contributed by atoms with E-state index in [1.807, 2.05) is 6.92 Å². The van der Waals surface area contributed by atoms with Crippen LogP contribution in [0.2, 0.25) is 0 Å². The lowest BCUT2D eigenvalue weighted by atomic mass is 9.89. The molecule has 0 heterocycles. The molecule has 1 aromatic carbocycles. The molecule has 25 heavy (non-hydrogen) atoms. The van der Waals surface area contributed by atoms with Crippen LogP contribution in [-0.4, -0.2) is 22.6 Å². The second-order valence-corrected chi connectivity index (χ2v) is 7.52. The molecular weight excluding hydrogens is 330 g/mol. The predicted molar refractivity (Wildman–Crippen MR) is 90.3 cm³/mol. The zero-order valence-electron chi connectivity index (χ0n) is 15.6. The van der Waals surface area contributed by atoms with Crippen LogP contribution >= 0.6 is 0 Å². The summed E-state index contributed by atoms with van der Waals surface area (Å²) in [5.41, 5.74) is 1.09. The van der Waals surface area contributed by atoms with Gasteiger partial charge in [-0.3, -0.25) is 4.79 Å². The topological polar surface area (TPSA) is 58.6 Å². The van der Waals surface area contributed by atoms with E-state index in [1.54, 1.807) is 34.6 Å². The summed E-state index contributed by atoms with van der Waals surface area (Å²) < 4.78 is 32.0. The van der Waals surface area contributed by atoms with Gasteiger partial charge in [0, 0.05) is 11.5 Å². The number of hydrogen-bond donors (Lipinski definition) is 1. The van der Waals surface area contributed by atoms with Crippen molar-refractivity contribution < 1.29 is 23.1 Å². The van der Waals surface area contributed by atoms with Gasteiger partial charge in [-0.1, -0.05) is 20.8 Å². The van der Waals surface area contributed by atoms with Gasteiger partial charge in [0.2, 0.25) is 5.91 Å². The Morgan fingerprint density at radius 2 is 1.60 bits per heavy atom. The third-order valence-electron chi connectivity index (χ3n) is 3.60. The first-order valence-electron chi connectivity index (χ1n) is 8.10. The van der Waals surface area contributed by atoms with E-state index >= 15 is 0 Å². The number of rotatable bonds is 4. The Morgan fingerprint density at radius 3 is 2.04 bits per heavy atom. The van der Waals surface area contributed by atoms with Crippen LogP contribution in [0.15, 0.2) is 18.2 Å². The second-order valence-electron chi connectivity index (χ2n) is 7.52. The van der Waals surface area contributed by atoms with Gasteiger partial charge in [0.15, 0.2) is 0 Å². The lowest BCUT2D eigenvalue weighted by Gasteiger charge is -2.32. The van der Waals surface area contributed by atoms with Crippen molar-refractivity contribution in [2.24, 2.45) is 5.41 Å². The molecule has 140 valence electrons. The zero-order chi connectivity index (χ0) is 19.4. The fourth-order valence-corrected chi connectivity index (χ4v) is 1.97. The maximum absolute atomic E-state index is 13.4. The number of nitrogens with one attached hydrogen (secondary N) is 1. The highest BCUT2D eigenvalue weighted by Gasteiger charge is 2.32. The van der Waals surface area contributed by atoms with Gasteiger partial charge in [-0.05, 0) is 44.9 Å². The monoisotopic (exact) mass is 356 g/mol. The fraction of sp³-hybridized carbons (Fsp3) is 0.556. The molecule has 0 radical (unpaired) electrons. The SMILES string of the molecule is CCC(C)(C)C(=O)N(Cc1cc(F)cc(F)c1)NC(=O)OC(C)(C)C. The van der Waals surface area contributed by atoms with E-state index in [-0.39, 0.29) is 18.0 Å². The minimum Gasteiger partial charge on any atom is -0.443 e. The molecule has 0 aliphatic rings. The average molecular weight is 356 g/mol. The highest BCUT2D eigenvalue weighted by Crippen LogP contribution is 2.24. The van der Waals surface area contributed by atoms with Gasteiger partial charge in [-0.25, -0.2) is 24.0 Å². The summed E-state index contributed by atoms with van der Waals surface area (Å²) in [5, 5.41) is 1.03. The van der Waals surface area contributed by atoms with E-state index in [1.165, 1.54) is 0 Å². The summed E-state index contributed by atoms with van der Waals surface area (Å²) in [6.07, 6.45) is -0.292. The van der Waals surface area contributed by atoms with Crippen molar-refractivity contribution in [3.05, 3.63) is 35.4 Å². The lowest BCUT2D eigenvalue weighted by molar-refractivity contribution is -0.144. The average Bonchev–Trinajstić information content (AvgIpc) is 2.42. The Bertz CT molecular complexity index is 619. The smallest absolute Gasteiger partial charge is 0.426 e. The van der Waals surface area contributed by atoms with Crippen molar-refractivity contribution >= 4 is 12.0 Å². The molecule has 0 unspecified atom stereocenters. The first-order valence-corrected chi connectivity index (χ1v) is 8.10. The maximum Gasteiger partial charge on any atom is 0.426 e. The predicted octanol–water partition coefficient (Wildman–Crippen LogP) is 4.17. The molecule has 0 bridgehead atoms. The molecular formula is C18H26F2N2O3. The normalized spacial score (nSPS) is 11.8. The number of carbonyl (C=O) groups excluding carboxylic acids is 2. The number of amides is 2. The van der Waals surface area contributed by atoms with E-state index < -0.39 is 28.7 Å². The minimum absolute atomic E-state index is 0.184. The van der Waals surface area contributed by atoms with Gasteiger partial charge in [-0.15, -0.1) is 0 Å². The van der Waals surface area contributed by atoms with Crippen LogP contribution in [0.4, 0.5) is 13.6 Å². The Hall–Kier alpha value is -2.18. The molecule has 7 heteroatoms. The third-order valence-corrected chi connectivity index (χ3v) is 3.60. The molecule has 0 aliphatic carbocycles. The van der Waals surface area contributed by atoms with Crippen LogP contribution in [0.5, 0.6) is 0 Å². The summed E-state index contributed by atoms with van der Waals surface area (Å²) >= 11 is 0. The van der Waals surface area contributed by atoms with Crippen molar-refractivity contribution in [1.29, 1.82) is 0 Å². The summed E-state index contributed by atoms with van der Waals surface area (Å²) in [5.74, 6) is -1.89. The van der Waals surface area contributed by atoms with E-state index in [9.17, 15) is 18.4 Å². The lowest BCUT2D eigenvalue weighted by Crippen LogP contribution is -2.51. The Labute approximate surface area is 147 Å². The quantitative estimate of drug-likeness (QED) is 0.824. The molecule has 0 saturated carbocycles. The molecule has 0 aliphatic heterocycles. The minimum atomic E-state index is -0.815. The molecule has 0 aromatic heterocycles. The van der Waals surface area contributed by atoms with Gasteiger partial charge in [0.1, 0.15) is 17.2 Å². The molecule has 0 saturated heterocycles. The van der Waals surface area contributed by atoms with Crippen molar-refractivity contribution in [1.82, 2.24) is 10.4 Å². The molecule has 1 rings (SSSR count). The van der Waals surface area contributed by atoms with Crippen molar-refractivity contribution in [3.8, 4) is 0 Å². The van der Waals surface area contributed by atoms with Crippen LogP contribution in [-0.2, 0) is 16.1 Å². The number of halogens is 2. The third kappa shape index (κ3) is 6.68. The molecule has 0 fully saturated rings. The number of carbonyl (C=O) groups is 2. The fourth-order valence-electron chi connectivity index (χ4n) is 1.97. The summed E-state index contributed by atoms with van der Waals surface area (Å²) in [7, 11) is 0. The summed E-state index contributed by atoms with van der Waals surface area (Å²) in [6, 6.07) is 2.96. The van der Waals surface area contributed by atoms with E-state index in [0.717, 1.165) is 23.2 Å². The second kappa shape index (κ2) is 7.80. The highest BCUT2D eigenvalue weighted by molar-refractivity contribution is 5.83. The number of nitrogens with zero attached hydrogens (tertiary/aromatic N) is 1. The molecule has 0 spiro atoms. The van der Waals surface area contributed by atoms with Crippen LogP contribution in [0.1, 0.15) is 53.5 Å². The first kappa shape index (κ1) is 20.9. The molecule has 1 aromatic rings. The molecule has 1 N–H and O–H groups in total. The van der Waals surface area contributed by atoms with Gasteiger partial charge in [0.25, 0.3) is 0 Å². The zero-order valence-corrected chi connectivity index (χ0v) is 15.6. The van der Waals surface area contributed by atoms with Crippen molar-refractivity contribution in [2.45, 2.75) is 60.1 Å². The van der Waals surface area contributed by atoms with E-state index in [0.29, 0.717) is 6.42 Å². The van der Waals surface area contributed by atoms with Crippen molar-refractivity contribution in [3.63, 3.8) is 0 Å². The van der Waals surface area contributed by atoms with Gasteiger partial charge < -0.3 is 4.74 Å². The largest absolute Gasteiger partial charge is 0.443 e. The standard InChI is InChI=1S/C18H26F2N2O3/c1-7-18(5,6)15(23)22(21-16(24)25-17(2,3)4)11-12-8-13(19)10-14(20)9-12/h8-10H,7,11H2,1-6H3,(H,21,24). The summed E-state index contributed by atoms with van der Waals surface area (Å²) in [4.78, 5) is 24.8. The van der Waals surface area contributed by atoms with Gasteiger partial charge in [-0.2, -0.15) is 0 Å².